The van der Waals surface area contributed by atoms with Gasteiger partial charge in [-0.1, -0.05) is 5.11 Å². The number of aromatic amines is 1. The van der Waals surface area contributed by atoms with Gasteiger partial charge in [0, 0.05) is 41.3 Å². The van der Waals surface area contributed by atoms with Crippen molar-refractivity contribution in [3.05, 3.63) is 75.6 Å². The minimum atomic E-state index is -0.995. The molecule has 2 aliphatic rings. The van der Waals surface area contributed by atoms with Crippen molar-refractivity contribution in [2.45, 2.75) is 63.4 Å². The lowest BCUT2D eigenvalue weighted by molar-refractivity contribution is -0.0347. The third-order valence-electron chi connectivity index (χ3n) is 6.38. The lowest BCUT2D eigenvalue weighted by Crippen LogP contribution is -2.46. The van der Waals surface area contributed by atoms with Gasteiger partial charge in [0.15, 0.2) is 0 Å². The van der Waals surface area contributed by atoms with E-state index in [1.165, 1.54) is 30.8 Å². The molecule has 4 heterocycles. The highest BCUT2D eigenvalue weighted by Crippen LogP contribution is 2.35. The second-order valence-corrected chi connectivity index (χ2v) is 8.59. The lowest BCUT2D eigenvalue weighted by atomic mass is 10.1. The first-order valence-corrected chi connectivity index (χ1v) is 10.9. The maximum atomic E-state index is 13.5. The Kier molecular flexibility index (Phi) is 6.78. The summed E-state index contributed by atoms with van der Waals surface area (Å²) in [6.07, 6.45) is -0.929. The van der Waals surface area contributed by atoms with Crippen molar-refractivity contribution in [2.24, 2.45) is 5.11 Å². The Morgan fingerprint density at radius 1 is 1.03 bits per heavy atom. The largest absolute Gasteiger partial charge is 0.394 e. The third kappa shape index (κ3) is 4.35. The number of aliphatic hydroxyl groups excluding tert-OH is 2. The van der Waals surface area contributed by atoms with Crippen molar-refractivity contribution in [1.29, 1.82) is 0 Å². The molecule has 2 unspecified atom stereocenters. The maximum Gasteiger partial charge on any atom is 0.333 e. The molecule has 4 rings (SSSR count). The van der Waals surface area contributed by atoms with Crippen LogP contribution in [0.15, 0.2) is 36.7 Å². The number of aliphatic hydroxyl groups is 2. The van der Waals surface area contributed by atoms with E-state index in [4.69, 9.17) is 15.0 Å². The molecule has 2 saturated heterocycles. The topological polar surface area (TPSA) is 207 Å². The molecule has 35 heavy (non-hydrogen) atoms. The fraction of sp³-hybridized carbons (Fsp3) is 0.600. The van der Waals surface area contributed by atoms with E-state index in [2.05, 4.69) is 15.0 Å². The molecule has 0 aliphatic carbocycles. The summed E-state index contributed by atoms with van der Waals surface area (Å²) in [6.45, 7) is 2.06. The first-order valence-electron chi connectivity index (χ1n) is 10.9. The predicted molar refractivity (Wildman–Crippen MR) is 119 cm³/mol. The Morgan fingerprint density at radius 3 is 2.31 bits per heavy atom. The zero-order valence-corrected chi connectivity index (χ0v) is 19.0. The molecule has 2 aromatic rings. The quantitative estimate of drug-likeness (QED) is 0.258. The number of hydrogen-bond acceptors (Lipinski definition) is 9. The van der Waals surface area contributed by atoms with Crippen LogP contribution in [0.4, 0.5) is 0 Å². The molecule has 15 nitrogen and oxygen atoms in total. The van der Waals surface area contributed by atoms with Gasteiger partial charge in [-0.2, -0.15) is 0 Å². The van der Waals surface area contributed by atoms with E-state index in [0.717, 1.165) is 9.13 Å². The highest BCUT2D eigenvalue weighted by atomic mass is 16.5. The van der Waals surface area contributed by atoms with Crippen LogP contribution in [0.2, 0.25) is 0 Å². The van der Waals surface area contributed by atoms with Gasteiger partial charge in [-0.25, -0.2) is 9.59 Å². The maximum absolute atomic E-state index is 13.5. The Bertz CT molecular complexity index is 1400. The van der Waals surface area contributed by atoms with E-state index >= 15 is 0 Å². The van der Waals surface area contributed by atoms with Gasteiger partial charge >= 0.3 is 11.4 Å². The summed E-state index contributed by atoms with van der Waals surface area (Å²) in [7, 11) is 0. The molecule has 3 N–H and O–H groups in total. The van der Waals surface area contributed by atoms with E-state index in [1.54, 1.807) is 0 Å². The number of ether oxygens (including phenoxy) is 2. The van der Waals surface area contributed by atoms with Crippen molar-refractivity contribution in [3.63, 3.8) is 0 Å². The number of aromatic nitrogens is 4. The van der Waals surface area contributed by atoms with Crippen molar-refractivity contribution >= 4 is 0 Å². The Hall–Kier alpha value is -3.49. The summed E-state index contributed by atoms with van der Waals surface area (Å²) in [5.41, 5.74) is 6.62. The van der Waals surface area contributed by atoms with Gasteiger partial charge < -0.3 is 19.7 Å². The molecule has 188 valence electrons. The number of rotatable bonds is 6. The zero-order valence-electron chi connectivity index (χ0n) is 19.0. The third-order valence-corrected chi connectivity index (χ3v) is 6.38. The molecule has 2 aromatic heterocycles. The molecule has 0 bridgehead atoms. The minimum absolute atomic E-state index is 0.0125. The molecule has 6 atom stereocenters. The van der Waals surface area contributed by atoms with Crippen LogP contribution in [0, 0.1) is 13.8 Å². The highest BCUT2D eigenvalue weighted by Gasteiger charge is 2.41. The van der Waals surface area contributed by atoms with Crippen molar-refractivity contribution in [1.82, 2.24) is 18.7 Å². The monoisotopic (exact) mass is 491 g/mol. The van der Waals surface area contributed by atoms with Gasteiger partial charge in [-0.05, 0) is 19.4 Å². The summed E-state index contributed by atoms with van der Waals surface area (Å²) in [5.74, 6) is 0. The molecule has 0 amide bonds. The summed E-state index contributed by atoms with van der Waals surface area (Å²) < 4.78 is 14.8. The number of nitrogens with one attached hydrogen (secondary N) is 1. The Morgan fingerprint density at radius 2 is 1.66 bits per heavy atom. The average molecular weight is 491 g/mol. The molecule has 15 heteroatoms. The van der Waals surface area contributed by atoms with Crippen LogP contribution < -0.4 is 22.5 Å². The summed E-state index contributed by atoms with van der Waals surface area (Å²) in [4.78, 5) is 55.5. The van der Waals surface area contributed by atoms with Gasteiger partial charge in [0.05, 0.1) is 31.4 Å². The van der Waals surface area contributed by atoms with Gasteiger partial charge in [0.25, 0.3) is 11.1 Å². The molecular formula is C20H25N7O8. The molecule has 0 radical (unpaired) electrons. The van der Waals surface area contributed by atoms with Crippen LogP contribution in [0.1, 0.15) is 42.5 Å². The molecule has 2 fully saturated rings. The fourth-order valence-corrected chi connectivity index (χ4v) is 4.58. The van der Waals surface area contributed by atoms with E-state index < -0.39 is 72.5 Å². The van der Waals surface area contributed by atoms with Crippen molar-refractivity contribution < 1.29 is 19.7 Å². The van der Waals surface area contributed by atoms with E-state index in [9.17, 15) is 29.4 Å². The van der Waals surface area contributed by atoms with Crippen LogP contribution >= 0.6 is 0 Å². The Labute approximate surface area is 196 Å². The summed E-state index contributed by atoms with van der Waals surface area (Å²) in [6, 6.07) is -1.64. The zero-order chi connectivity index (χ0) is 25.4. The van der Waals surface area contributed by atoms with E-state index in [-0.39, 0.29) is 24.0 Å². The number of H-pyrrole nitrogens is 1. The van der Waals surface area contributed by atoms with Crippen LogP contribution in [0.5, 0.6) is 0 Å². The van der Waals surface area contributed by atoms with Gasteiger partial charge in [0.2, 0.25) is 0 Å². The van der Waals surface area contributed by atoms with Gasteiger partial charge in [-0.3, -0.25) is 28.3 Å². The molecule has 0 aromatic carbocycles. The van der Waals surface area contributed by atoms with E-state index in [1.807, 2.05) is 0 Å². The van der Waals surface area contributed by atoms with Crippen LogP contribution in [-0.4, -0.2) is 60.4 Å². The lowest BCUT2D eigenvalue weighted by Gasteiger charge is -2.22. The second kappa shape index (κ2) is 9.64. The molecule has 2 aliphatic heterocycles. The van der Waals surface area contributed by atoms with Crippen LogP contribution in [0.3, 0.4) is 0 Å². The number of aryl methyl sites for hydroxylation is 2. The van der Waals surface area contributed by atoms with Crippen LogP contribution in [0.25, 0.3) is 10.4 Å². The second-order valence-electron chi connectivity index (χ2n) is 8.59. The first kappa shape index (κ1) is 24.6. The predicted octanol–water partition coefficient (Wildman–Crippen LogP) is -1.04. The number of azide groups is 1. The number of nitrogens with zero attached hydrogens (tertiary/aromatic N) is 6. The standard InChI is InChI=1S/C20H25N7O8/c1-9-5-25(19(32)22-17(9)30)16-4-12(14(8-29)35-16)27-18(31)10(2)6-26(20(27)33)15-3-11(23-24-21)13(7-28)34-15/h5-6,11-16,28-29H,3-4,7-8H2,1-2H3,(H,22,30,32)/t11?,12?,13-,14-,15+,16+/m0/s1. The normalized spacial score (nSPS) is 28.2. The number of hydrogen-bond donors (Lipinski definition) is 3. The van der Waals surface area contributed by atoms with Crippen LogP contribution in [-0.2, 0) is 9.47 Å². The van der Waals surface area contributed by atoms with Gasteiger partial charge in [0.1, 0.15) is 18.6 Å². The fourth-order valence-electron chi connectivity index (χ4n) is 4.58. The highest BCUT2D eigenvalue weighted by molar-refractivity contribution is 5.07. The average Bonchev–Trinajstić information content (AvgIpc) is 3.43. The van der Waals surface area contributed by atoms with Gasteiger partial charge in [-0.15, -0.1) is 0 Å². The molecular weight excluding hydrogens is 466 g/mol. The minimum Gasteiger partial charge on any atom is -0.394 e. The molecule has 0 saturated carbocycles. The smallest absolute Gasteiger partial charge is 0.333 e. The summed E-state index contributed by atoms with van der Waals surface area (Å²) in [5, 5.41) is 23.1. The first-order chi connectivity index (χ1) is 16.7. The van der Waals surface area contributed by atoms with Crippen molar-refractivity contribution in [2.75, 3.05) is 13.2 Å². The van der Waals surface area contributed by atoms with Crippen molar-refractivity contribution in [3.8, 4) is 0 Å². The van der Waals surface area contributed by atoms with E-state index in [0.29, 0.717) is 0 Å². The molecule has 0 spiro atoms. The Balaban J connectivity index is 1.75. The summed E-state index contributed by atoms with van der Waals surface area (Å²) >= 11 is 0. The SMILES string of the molecule is Cc1cn([C@H]2CC(n3c(=O)c(C)cn([C@H]4CC(N=[N+]=[N-])[C@H](CO)O4)c3=O)[C@H](CO)O2)c(=O)[nH]c1=O.